The molecule has 0 spiro atoms. The second-order valence-electron chi connectivity index (χ2n) is 5.81. The highest BCUT2D eigenvalue weighted by Gasteiger charge is 2.32. The quantitative estimate of drug-likeness (QED) is 0.385. The molecule has 0 amide bonds. The number of rotatable bonds is 8. The Bertz CT molecular complexity index is 1010. The third kappa shape index (κ3) is 5.35. The lowest BCUT2D eigenvalue weighted by molar-refractivity contribution is -0.385. The smallest absolute Gasteiger partial charge is 0.416 e. The molecule has 2 rings (SSSR count). The molecule has 29 heavy (non-hydrogen) atoms. The van der Waals surface area contributed by atoms with E-state index in [9.17, 15) is 31.7 Å². The van der Waals surface area contributed by atoms with E-state index in [4.69, 9.17) is 9.47 Å². The van der Waals surface area contributed by atoms with Crippen molar-refractivity contribution in [2.45, 2.75) is 18.0 Å². The second-order valence-corrected chi connectivity index (χ2v) is 7.46. The molecule has 0 saturated carbocycles. The van der Waals surface area contributed by atoms with Gasteiger partial charge in [-0.25, -0.2) is 8.42 Å². The fraction of sp³-hybridized carbons (Fsp3) is 0.294. The first kappa shape index (κ1) is 22.4. The van der Waals surface area contributed by atoms with Gasteiger partial charge in [0.25, 0.3) is 15.7 Å². The first-order valence-corrected chi connectivity index (χ1v) is 9.55. The first-order chi connectivity index (χ1) is 13.5. The number of hydrogen-bond donors (Lipinski definition) is 1. The molecular formula is C17H17F3N2O6S. The molecule has 2 aromatic carbocycles. The van der Waals surface area contributed by atoms with Gasteiger partial charge < -0.3 is 9.47 Å². The Morgan fingerprint density at radius 3 is 2.45 bits per heavy atom. The normalized spacial score (nSPS) is 11.9. The third-order valence-electron chi connectivity index (χ3n) is 3.84. The predicted octanol–water partition coefficient (Wildman–Crippen LogP) is 3.75. The van der Waals surface area contributed by atoms with Crippen molar-refractivity contribution in [2.24, 2.45) is 0 Å². The van der Waals surface area contributed by atoms with Crippen LogP contribution in [-0.2, 0) is 20.9 Å². The second kappa shape index (κ2) is 8.66. The van der Waals surface area contributed by atoms with Gasteiger partial charge in [-0.15, -0.1) is 0 Å². The number of methoxy groups -OCH3 is 1. The first-order valence-electron chi connectivity index (χ1n) is 8.07. The standard InChI is InChI=1S/C17H17F3N2O6S/c1-11-14(22(23)24)4-3-5-16(11)29(25,26)21-13-10-12(17(18,19)20)6-7-15(13)28-9-8-27-2/h3-7,10,21H,8-9H2,1-2H3. The summed E-state index contributed by atoms with van der Waals surface area (Å²) in [7, 11) is -3.05. The van der Waals surface area contributed by atoms with Gasteiger partial charge in [-0.1, -0.05) is 6.07 Å². The number of benzene rings is 2. The molecule has 0 radical (unpaired) electrons. The van der Waals surface area contributed by atoms with Gasteiger partial charge in [0.15, 0.2) is 0 Å². The van der Waals surface area contributed by atoms with Crippen LogP contribution in [0.4, 0.5) is 24.5 Å². The van der Waals surface area contributed by atoms with Crippen LogP contribution in [0.2, 0.25) is 0 Å². The van der Waals surface area contributed by atoms with E-state index in [1.54, 1.807) is 0 Å². The summed E-state index contributed by atoms with van der Waals surface area (Å²) in [6, 6.07) is 5.73. The summed E-state index contributed by atoms with van der Waals surface area (Å²) in [5, 5.41) is 11.0. The average Bonchev–Trinajstić information content (AvgIpc) is 2.61. The van der Waals surface area contributed by atoms with Crippen LogP contribution in [0.15, 0.2) is 41.3 Å². The highest BCUT2D eigenvalue weighted by atomic mass is 32.2. The average molecular weight is 434 g/mol. The molecule has 0 atom stereocenters. The van der Waals surface area contributed by atoms with Crippen molar-refractivity contribution >= 4 is 21.4 Å². The maximum atomic E-state index is 13.1. The van der Waals surface area contributed by atoms with E-state index in [1.165, 1.54) is 20.1 Å². The van der Waals surface area contributed by atoms with Crippen molar-refractivity contribution in [3.8, 4) is 5.75 Å². The van der Waals surface area contributed by atoms with E-state index < -0.39 is 43.0 Å². The summed E-state index contributed by atoms with van der Waals surface area (Å²) in [6.07, 6.45) is -4.72. The SMILES string of the molecule is COCCOc1ccc(C(F)(F)F)cc1NS(=O)(=O)c1cccc([N+](=O)[O-])c1C. The van der Waals surface area contributed by atoms with E-state index in [1.807, 2.05) is 4.72 Å². The fourth-order valence-corrected chi connectivity index (χ4v) is 3.76. The van der Waals surface area contributed by atoms with Crippen LogP contribution in [-0.4, -0.2) is 33.7 Å². The summed E-state index contributed by atoms with van der Waals surface area (Å²) in [6.45, 7) is 1.32. The Balaban J connectivity index is 2.50. The molecule has 0 bridgehead atoms. The van der Waals surface area contributed by atoms with E-state index >= 15 is 0 Å². The molecule has 12 heteroatoms. The summed E-state index contributed by atoms with van der Waals surface area (Å²) < 4.78 is 76.8. The van der Waals surface area contributed by atoms with Crippen LogP contribution in [0, 0.1) is 17.0 Å². The monoisotopic (exact) mass is 434 g/mol. The van der Waals surface area contributed by atoms with E-state index in [-0.39, 0.29) is 24.5 Å². The zero-order valence-electron chi connectivity index (χ0n) is 15.3. The van der Waals surface area contributed by atoms with Gasteiger partial charge >= 0.3 is 6.18 Å². The minimum atomic E-state index is -4.72. The van der Waals surface area contributed by atoms with Crippen LogP contribution in [0.1, 0.15) is 11.1 Å². The van der Waals surface area contributed by atoms with Crippen molar-refractivity contribution < 1.29 is 36.0 Å². The Hall–Kier alpha value is -2.86. The van der Waals surface area contributed by atoms with Crippen LogP contribution >= 0.6 is 0 Å². The summed E-state index contributed by atoms with van der Waals surface area (Å²) in [4.78, 5) is 9.86. The number of halogens is 3. The maximum Gasteiger partial charge on any atom is 0.416 e. The fourth-order valence-electron chi connectivity index (χ4n) is 2.44. The number of nitrogens with one attached hydrogen (secondary N) is 1. The van der Waals surface area contributed by atoms with Crippen molar-refractivity contribution in [1.29, 1.82) is 0 Å². The Morgan fingerprint density at radius 2 is 1.86 bits per heavy atom. The zero-order chi connectivity index (χ0) is 21.8. The molecule has 0 aliphatic heterocycles. The lowest BCUT2D eigenvalue weighted by Gasteiger charge is -2.16. The van der Waals surface area contributed by atoms with Gasteiger partial charge in [-0.05, 0) is 31.2 Å². The molecule has 0 heterocycles. The number of nitro groups is 1. The number of nitro benzene ring substituents is 1. The Labute approximate surface area is 164 Å². The summed E-state index contributed by atoms with van der Waals surface area (Å²) in [5.74, 6) is -0.151. The highest BCUT2D eigenvalue weighted by Crippen LogP contribution is 2.36. The van der Waals surface area contributed by atoms with Crippen LogP contribution in [0.5, 0.6) is 5.75 Å². The number of nitrogens with zero attached hydrogens (tertiary/aromatic N) is 1. The van der Waals surface area contributed by atoms with Crippen LogP contribution < -0.4 is 9.46 Å². The third-order valence-corrected chi connectivity index (χ3v) is 5.35. The molecular weight excluding hydrogens is 417 g/mol. The summed E-state index contributed by atoms with van der Waals surface area (Å²) in [5.41, 5.74) is -2.14. The molecule has 0 aliphatic rings. The van der Waals surface area contributed by atoms with Gasteiger partial charge in [0.2, 0.25) is 0 Å². The highest BCUT2D eigenvalue weighted by molar-refractivity contribution is 7.92. The minimum absolute atomic E-state index is 0.0353. The van der Waals surface area contributed by atoms with Crippen LogP contribution in [0.25, 0.3) is 0 Å². The molecule has 1 N–H and O–H groups in total. The number of hydrogen-bond acceptors (Lipinski definition) is 6. The Morgan fingerprint density at radius 1 is 1.17 bits per heavy atom. The van der Waals surface area contributed by atoms with E-state index in [2.05, 4.69) is 0 Å². The molecule has 0 aromatic heterocycles. The summed E-state index contributed by atoms with van der Waals surface area (Å²) >= 11 is 0. The van der Waals surface area contributed by atoms with Gasteiger partial charge in [-0.3, -0.25) is 14.8 Å². The lowest BCUT2D eigenvalue weighted by Crippen LogP contribution is -2.17. The molecule has 0 saturated heterocycles. The van der Waals surface area contributed by atoms with Crippen molar-refractivity contribution in [2.75, 3.05) is 25.0 Å². The number of anilines is 1. The zero-order valence-corrected chi connectivity index (χ0v) is 16.1. The topological polar surface area (TPSA) is 108 Å². The molecule has 0 aliphatic carbocycles. The Kier molecular flexibility index (Phi) is 6.69. The van der Waals surface area contributed by atoms with Crippen molar-refractivity contribution in [1.82, 2.24) is 0 Å². The lowest BCUT2D eigenvalue weighted by atomic mass is 10.2. The number of alkyl halides is 3. The van der Waals surface area contributed by atoms with Gasteiger partial charge in [-0.2, -0.15) is 13.2 Å². The maximum absolute atomic E-state index is 13.1. The molecule has 2 aromatic rings. The van der Waals surface area contributed by atoms with Crippen molar-refractivity contribution in [3.63, 3.8) is 0 Å². The van der Waals surface area contributed by atoms with Gasteiger partial charge in [0, 0.05) is 18.7 Å². The molecule has 8 nitrogen and oxygen atoms in total. The number of sulfonamides is 1. The number of ether oxygens (including phenoxy) is 2. The largest absolute Gasteiger partial charge is 0.489 e. The molecule has 0 fully saturated rings. The predicted molar refractivity (Wildman–Crippen MR) is 97.5 cm³/mol. The molecule has 158 valence electrons. The minimum Gasteiger partial charge on any atom is -0.489 e. The van der Waals surface area contributed by atoms with Crippen molar-refractivity contribution in [3.05, 3.63) is 57.6 Å². The van der Waals surface area contributed by atoms with E-state index in [0.717, 1.165) is 24.3 Å². The molecule has 0 unspecified atom stereocenters. The van der Waals surface area contributed by atoms with Crippen LogP contribution in [0.3, 0.4) is 0 Å². The van der Waals surface area contributed by atoms with Gasteiger partial charge in [0.1, 0.15) is 12.4 Å². The van der Waals surface area contributed by atoms with E-state index in [0.29, 0.717) is 6.07 Å². The van der Waals surface area contributed by atoms with Gasteiger partial charge in [0.05, 0.1) is 27.7 Å².